The molecule has 0 amide bonds. The van der Waals surface area contributed by atoms with Gasteiger partial charge in [0.25, 0.3) is 0 Å². The van der Waals surface area contributed by atoms with Crippen molar-refractivity contribution in [3.05, 3.63) is 22.9 Å². The average molecular weight is 344 g/mol. The molecule has 0 unspecified atom stereocenters. The van der Waals surface area contributed by atoms with Gasteiger partial charge in [-0.15, -0.1) is 0 Å². The third-order valence-corrected chi connectivity index (χ3v) is 5.71. The maximum Gasteiger partial charge on any atom is 0.205 e. The third-order valence-electron chi connectivity index (χ3n) is 4.90. The summed E-state index contributed by atoms with van der Waals surface area (Å²) < 4.78 is 4.41. The first-order valence-electron chi connectivity index (χ1n) is 8.93. The highest BCUT2D eigenvalue weighted by molar-refractivity contribution is 7.09. The topological polar surface area (TPSA) is 58.0 Å². The smallest absolute Gasteiger partial charge is 0.205 e. The van der Waals surface area contributed by atoms with Crippen molar-refractivity contribution in [1.29, 1.82) is 0 Å². The van der Waals surface area contributed by atoms with Crippen LogP contribution in [0.1, 0.15) is 42.7 Å². The molecule has 6 nitrogen and oxygen atoms in total. The molecule has 4 rings (SSSR count). The Hall–Kier alpha value is -1.76. The first-order valence-corrected chi connectivity index (χ1v) is 9.71. The Morgan fingerprint density at radius 2 is 1.71 bits per heavy atom. The Balaban J connectivity index is 1.51. The molecule has 3 heterocycles. The van der Waals surface area contributed by atoms with Crippen LogP contribution in [0, 0.1) is 6.92 Å². The number of anilines is 2. The lowest BCUT2D eigenvalue weighted by Gasteiger charge is -2.36. The Morgan fingerprint density at radius 3 is 2.46 bits per heavy atom. The van der Waals surface area contributed by atoms with E-state index in [9.17, 15) is 0 Å². The highest BCUT2D eigenvalue weighted by atomic mass is 32.1. The highest BCUT2D eigenvalue weighted by Crippen LogP contribution is 2.29. The first-order chi connectivity index (χ1) is 11.7. The van der Waals surface area contributed by atoms with Gasteiger partial charge in [-0.1, -0.05) is 6.92 Å². The molecule has 2 aromatic rings. The Labute approximate surface area is 147 Å². The van der Waals surface area contributed by atoms with Gasteiger partial charge in [-0.3, -0.25) is 0 Å². The molecule has 2 aliphatic rings. The molecule has 0 radical (unpaired) electrons. The summed E-state index contributed by atoms with van der Waals surface area (Å²) in [5.41, 5.74) is 2.67. The first kappa shape index (κ1) is 15.7. The molecule has 2 aromatic heterocycles. The lowest BCUT2D eigenvalue weighted by Crippen LogP contribution is -2.47. The third kappa shape index (κ3) is 2.97. The fourth-order valence-corrected chi connectivity index (χ4v) is 4.38. The van der Waals surface area contributed by atoms with Gasteiger partial charge in [0, 0.05) is 55.4 Å². The van der Waals surface area contributed by atoms with Crippen molar-refractivity contribution in [2.75, 3.05) is 36.0 Å². The van der Waals surface area contributed by atoms with Crippen LogP contribution in [0.15, 0.2) is 0 Å². The fourth-order valence-electron chi connectivity index (χ4n) is 3.58. The second kappa shape index (κ2) is 6.63. The maximum atomic E-state index is 4.80. The zero-order valence-corrected chi connectivity index (χ0v) is 15.3. The molecule has 24 heavy (non-hydrogen) atoms. The van der Waals surface area contributed by atoms with Crippen molar-refractivity contribution in [3.63, 3.8) is 0 Å². The average Bonchev–Trinajstić information content (AvgIpc) is 3.10. The minimum atomic E-state index is 0.906. The monoisotopic (exact) mass is 344 g/mol. The standard InChI is InChI=1S/C17H24N6S/c1-3-15-20-17(24-21-15)23-10-8-22(9-11-23)16-13-6-4-5-7-14(13)18-12(2)19-16/h3-11H2,1-2H3. The van der Waals surface area contributed by atoms with Crippen LogP contribution in [0.25, 0.3) is 0 Å². The molecule has 128 valence electrons. The van der Waals surface area contributed by atoms with Gasteiger partial charge >= 0.3 is 0 Å². The van der Waals surface area contributed by atoms with E-state index in [4.69, 9.17) is 4.98 Å². The van der Waals surface area contributed by atoms with Crippen molar-refractivity contribution in [2.45, 2.75) is 46.0 Å². The van der Waals surface area contributed by atoms with Crippen LogP contribution in [0.5, 0.6) is 0 Å². The second-order valence-corrected chi connectivity index (χ2v) is 7.28. The number of nitrogens with zero attached hydrogens (tertiary/aromatic N) is 6. The van der Waals surface area contributed by atoms with Crippen LogP contribution in [0.3, 0.4) is 0 Å². The highest BCUT2D eigenvalue weighted by Gasteiger charge is 2.25. The molecule has 0 saturated carbocycles. The lowest BCUT2D eigenvalue weighted by atomic mass is 9.96. The summed E-state index contributed by atoms with van der Waals surface area (Å²) in [6.07, 6.45) is 5.66. The van der Waals surface area contributed by atoms with Gasteiger partial charge in [0.1, 0.15) is 17.5 Å². The van der Waals surface area contributed by atoms with Crippen molar-refractivity contribution >= 4 is 22.5 Å². The molecule has 7 heteroatoms. The molecule has 1 saturated heterocycles. The SMILES string of the molecule is CCc1nsc(N2CCN(c3nc(C)nc4c3CCCC4)CC2)n1. The molecule has 0 atom stereocenters. The van der Waals surface area contributed by atoms with Crippen LogP contribution in [0.4, 0.5) is 10.9 Å². The number of hydrogen-bond donors (Lipinski definition) is 0. The van der Waals surface area contributed by atoms with Crippen molar-refractivity contribution in [2.24, 2.45) is 0 Å². The van der Waals surface area contributed by atoms with Gasteiger partial charge < -0.3 is 9.80 Å². The van der Waals surface area contributed by atoms with Crippen molar-refractivity contribution < 1.29 is 0 Å². The van der Waals surface area contributed by atoms with Crippen LogP contribution in [0.2, 0.25) is 0 Å². The van der Waals surface area contributed by atoms with E-state index in [-0.39, 0.29) is 0 Å². The van der Waals surface area contributed by atoms with Crippen LogP contribution >= 0.6 is 11.5 Å². The molecule has 1 aliphatic carbocycles. The Morgan fingerprint density at radius 1 is 0.958 bits per heavy atom. The van der Waals surface area contributed by atoms with Crippen molar-refractivity contribution in [1.82, 2.24) is 19.3 Å². The Bertz CT molecular complexity index is 720. The zero-order valence-electron chi connectivity index (χ0n) is 14.5. The minimum absolute atomic E-state index is 0.906. The van der Waals surface area contributed by atoms with E-state index in [2.05, 4.69) is 31.1 Å². The molecule has 0 spiro atoms. The predicted molar refractivity (Wildman–Crippen MR) is 97.1 cm³/mol. The summed E-state index contributed by atoms with van der Waals surface area (Å²) in [6.45, 7) is 8.06. The molecule has 0 N–H and O–H groups in total. The molecule has 0 aromatic carbocycles. The van der Waals surface area contributed by atoms with Crippen molar-refractivity contribution in [3.8, 4) is 0 Å². The molecular formula is C17H24N6S. The van der Waals surface area contributed by atoms with Gasteiger partial charge in [0.15, 0.2) is 0 Å². The van der Waals surface area contributed by atoms with E-state index >= 15 is 0 Å². The van der Waals surface area contributed by atoms with Gasteiger partial charge in [0.05, 0.1) is 0 Å². The summed E-state index contributed by atoms with van der Waals surface area (Å²) in [6, 6.07) is 0. The number of aryl methyl sites for hydroxylation is 3. The molecule has 0 bridgehead atoms. The second-order valence-electron chi connectivity index (χ2n) is 6.55. The van der Waals surface area contributed by atoms with Crippen LogP contribution in [-0.4, -0.2) is 45.5 Å². The van der Waals surface area contributed by atoms with E-state index in [1.165, 1.54) is 41.4 Å². The molecular weight excluding hydrogens is 320 g/mol. The summed E-state index contributed by atoms with van der Waals surface area (Å²) in [5, 5.41) is 1.06. The fraction of sp³-hybridized carbons (Fsp3) is 0.647. The lowest BCUT2D eigenvalue weighted by molar-refractivity contribution is 0.619. The minimum Gasteiger partial charge on any atom is -0.353 e. The number of rotatable bonds is 3. The van der Waals surface area contributed by atoms with E-state index in [1.54, 1.807) is 0 Å². The summed E-state index contributed by atoms with van der Waals surface area (Å²) >= 11 is 1.52. The summed E-state index contributed by atoms with van der Waals surface area (Å²) in [7, 11) is 0. The normalized spacial score (nSPS) is 17.9. The van der Waals surface area contributed by atoms with E-state index in [0.29, 0.717) is 0 Å². The number of hydrogen-bond acceptors (Lipinski definition) is 7. The molecule has 1 aliphatic heterocycles. The van der Waals surface area contributed by atoms with E-state index < -0.39 is 0 Å². The number of aromatic nitrogens is 4. The van der Waals surface area contributed by atoms with Crippen LogP contribution in [-0.2, 0) is 19.3 Å². The quantitative estimate of drug-likeness (QED) is 0.852. The largest absolute Gasteiger partial charge is 0.353 e. The van der Waals surface area contributed by atoms with Gasteiger partial charge in [-0.05, 0) is 32.6 Å². The van der Waals surface area contributed by atoms with E-state index in [1.807, 2.05) is 6.92 Å². The molecule has 1 fully saturated rings. The summed E-state index contributed by atoms with van der Waals surface area (Å²) in [4.78, 5) is 18.9. The maximum absolute atomic E-state index is 4.80. The number of fused-ring (bicyclic) bond motifs is 1. The van der Waals surface area contributed by atoms with Gasteiger partial charge in [0.2, 0.25) is 5.13 Å². The Kier molecular flexibility index (Phi) is 4.35. The van der Waals surface area contributed by atoms with Gasteiger partial charge in [-0.2, -0.15) is 4.37 Å². The number of piperazine rings is 1. The van der Waals surface area contributed by atoms with E-state index in [0.717, 1.165) is 62.2 Å². The van der Waals surface area contributed by atoms with Gasteiger partial charge in [-0.25, -0.2) is 15.0 Å². The van der Waals surface area contributed by atoms with Crippen LogP contribution < -0.4 is 9.80 Å². The predicted octanol–water partition coefficient (Wildman–Crippen LogP) is 2.40. The zero-order chi connectivity index (χ0) is 16.5. The summed E-state index contributed by atoms with van der Waals surface area (Å²) in [5.74, 6) is 3.05.